The van der Waals surface area contributed by atoms with Crippen molar-refractivity contribution in [1.29, 1.82) is 0 Å². The van der Waals surface area contributed by atoms with E-state index in [1.165, 1.54) is 22.3 Å². The van der Waals surface area contributed by atoms with E-state index < -0.39 is 0 Å². The van der Waals surface area contributed by atoms with Crippen molar-refractivity contribution in [3.05, 3.63) is 81.3 Å². The molecule has 4 rings (SSSR count). The van der Waals surface area contributed by atoms with E-state index in [4.69, 9.17) is 4.74 Å². The quantitative estimate of drug-likeness (QED) is 0.679. The SMILES string of the molecule is Cc1ccc([C@@H](Cc2ccsc2)NCc2ccc3c(c2)C[C@H](C)O3)nc1. The van der Waals surface area contributed by atoms with Crippen LogP contribution in [0.15, 0.2) is 53.4 Å². The number of nitrogens with zero attached hydrogens (tertiary/aromatic N) is 1. The Labute approximate surface area is 159 Å². The first-order chi connectivity index (χ1) is 12.7. The highest BCUT2D eigenvalue weighted by Crippen LogP contribution is 2.29. The van der Waals surface area contributed by atoms with Crippen LogP contribution in [-0.4, -0.2) is 11.1 Å². The van der Waals surface area contributed by atoms with Crippen molar-refractivity contribution in [2.75, 3.05) is 0 Å². The van der Waals surface area contributed by atoms with Crippen LogP contribution in [0.25, 0.3) is 0 Å². The molecule has 1 aromatic carbocycles. The van der Waals surface area contributed by atoms with Crippen LogP contribution in [-0.2, 0) is 19.4 Å². The Morgan fingerprint density at radius 2 is 2.15 bits per heavy atom. The molecule has 1 N–H and O–H groups in total. The highest BCUT2D eigenvalue weighted by molar-refractivity contribution is 7.07. The van der Waals surface area contributed by atoms with Gasteiger partial charge in [-0.1, -0.05) is 18.2 Å². The number of ether oxygens (including phenoxy) is 1. The van der Waals surface area contributed by atoms with Crippen molar-refractivity contribution < 1.29 is 4.74 Å². The number of hydrogen-bond donors (Lipinski definition) is 1. The van der Waals surface area contributed by atoms with E-state index in [-0.39, 0.29) is 12.1 Å². The molecule has 0 unspecified atom stereocenters. The van der Waals surface area contributed by atoms with Gasteiger partial charge in [-0.25, -0.2) is 0 Å². The first-order valence-corrected chi connectivity index (χ1v) is 10.1. The summed E-state index contributed by atoms with van der Waals surface area (Å²) in [4.78, 5) is 4.66. The van der Waals surface area contributed by atoms with E-state index in [9.17, 15) is 0 Å². The van der Waals surface area contributed by atoms with Crippen LogP contribution in [0.1, 0.15) is 40.9 Å². The van der Waals surface area contributed by atoms with Crippen molar-refractivity contribution in [2.24, 2.45) is 0 Å². The van der Waals surface area contributed by atoms with E-state index in [1.807, 2.05) is 6.20 Å². The Bertz CT molecular complexity index is 858. The number of fused-ring (bicyclic) bond motifs is 1. The molecule has 0 radical (unpaired) electrons. The Morgan fingerprint density at radius 3 is 2.92 bits per heavy atom. The number of aromatic nitrogens is 1. The fourth-order valence-corrected chi connectivity index (χ4v) is 4.12. The number of aryl methyl sites for hydroxylation is 1. The molecule has 3 aromatic rings. The second kappa shape index (κ2) is 7.60. The van der Waals surface area contributed by atoms with E-state index in [1.54, 1.807) is 11.3 Å². The summed E-state index contributed by atoms with van der Waals surface area (Å²) in [7, 11) is 0. The third-order valence-corrected chi connectivity index (χ3v) is 5.56. The van der Waals surface area contributed by atoms with Crippen molar-refractivity contribution in [3.63, 3.8) is 0 Å². The molecule has 0 bridgehead atoms. The molecule has 3 heterocycles. The number of pyridine rings is 1. The average molecular weight is 365 g/mol. The van der Waals surface area contributed by atoms with Gasteiger partial charge in [-0.05, 0) is 71.5 Å². The summed E-state index contributed by atoms with van der Waals surface area (Å²) in [6.07, 6.45) is 4.19. The minimum Gasteiger partial charge on any atom is -0.490 e. The lowest BCUT2D eigenvalue weighted by atomic mass is 10.0. The molecule has 26 heavy (non-hydrogen) atoms. The van der Waals surface area contributed by atoms with Gasteiger partial charge >= 0.3 is 0 Å². The number of hydrogen-bond acceptors (Lipinski definition) is 4. The third-order valence-electron chi connectivity index (χ3n) is 4.82. The second-order valence-electron chi connectivity index (χ2n) is 7.10. The maximum atomic E-state index is 5.81. The molecule has 0 saturated carbocycles. The van der Waals surface area contributed by atoms with Crippen LogP contribution in [0.5, 0.6) is 5.75 Å². The largest absolute Gasteiger partial charge is 0.490 e. The zero-order chi connectivity index (χ0) is 17.9. The summed E-state index contributed by atoms with van der Waals surface area (Å²) in [5, 5.41) is 8.07. The van der Waals surface area contributed by atoms with Gasteiger partial charge in [-0.3, -0.25) is 4.98 Å². The van der Waals surface area contributed by atoms with Crippen LogP contribution < -0.4 is 10.1 Å². The molecule has 0 aliphatic carbocycles. The van der Waals surface area contributed by atoms with Crippen LogP contribution in [0.2, 0.25) is 0 Å². The third kappa shape index (κ3) is 3.97. The van der Waals surface area contributed by atoms with Gasteiger partial charge < -0.3 is 10.1 Å². The zero-order valence-corrected chi connectivity index (χ0v) is 16.1. The molecule has 1 aliphatic heterocycles. The maximum absolute atomic E-state index is 5.81. The second-order valence-corrected chi connectivity index (χ2v) is 7.88. The molecular weight excluding hydrogens is 340 g/mol. The lowest BCUT2D eigenvalue weighted by molar-refractivity contribution is 0.254. The molecule has 0 fully saturated rings. The number of thiophene rings is 1. The summed E-state index contributed by atoms with van der Waals surface area (Å²) in [5.74, 6) is 1.04. The van der Waals surface area contributed by atoms with Gasteiger partial charge in [0.25, 0.3) is 0 Å². The van der Waals surface area contributed by atoms with Crippen molar-refractivity contribution in [2.45, 2.75) is 45.4 Å². The maximum Gasteiger partial charge on any atom is 0.123 e. The molecule has 2 aromatic heterocycles. The van der Waals surface area contributed by atoms with Crippen LogP contribution in [0.3, 0.4) is 0 Å². The topological polar surface area (TPSA) is 34.1 Å². The number of benzene rings is 1. The van der Waals surface area contributed by atoms with Gasteiger partial charge in [0.2, 0.25) is 0 Å². The minimum absolute atomic E-state index is 0.202. The smallest absolute Gasteiger partial charge is 0.123 e. The van der Waals surface area contributed by atoms with Gasteiger partial charge in [0.15, 0.2) is 0 Å². The summed E-state index contributed by atoms with van der Waals surface area (Å²) in [6, 6.07) is 13.2. The zero-order valence-electron chi connectivity index (χ0n) is 15.2. The Balaban J connectivity index is 1.49. The van der Waals surface area contributed by atoms with Crippen molar-refractivity contribution >= 4 is 11.3 Å². The number of rotatable bonds is 6. The molecule has 134 valence electrons. The lowest BCUT2D eigenvalue weighted by Gasteiger charge is -2.18. The van der Waals surface area contributed by atoms with Gasteiger partial charge in [0.05, 0.1) is 11.7 Å². The highest BCUT2D eigenvalue weighted by atomic mass is 32.1. The fourth-order valence-electron chi connectivity index (χ4n) is 3.44. The van der Waals surface area contributed by atoms with E-state index in [2.05, 4.69) is 71.3 Å². The van der Waals surface area contributed by atoms with E-state index in [0.29, 0.717) is 0 Å². The molecule has 0 spiro atoms. The summed E-state index contributed by atoms with van der Waals surface area (Å²) in [5.41, 5.74) is 6.25. The minimum atomic E-state index is 0.202. The fraction of sp³-hybridized carbons (Fsp3) is 0.318. The molecule has 0 amide bonds. The van der Waals surface area contributed by atoms with Crippen LogP contribution in [0, 0.1) is 6.92 Å². The first kappa shape index (κ1) is 17.3. The lowest BCUT2D eigenvalue weighted by Crippen LogP contribution is -2.23. The Morgan fingerprint density at radius 1 is 1.23 bits per heavy atom. The van der Waals surface area contributed by atoms with E-state index in [0.717, 1.165) is 30.8 Å². The van der Waals surface area contributed by atoms with Crippen molar-refractivity contribution in [1.82, 2.24) is 10.3 Å². The number of nitrogens with one attached hydrogen (secondary N) is 1. The summed E-state index contributed by atoms with van der Waals surface area (Å²) >= 11 is 1.75. The van der Waals surface area contributed by atoms with E-state index >= 15 is 0 Å². The molecule has 1 aliphatic rings. The standard InChI is InChI=1S/C22H24N2OS/c1-15-3-5-20(23-12-15)21(11-18-7-8-26-14-18)24-13-17-4-6-22-19(10-17)9-16(2)25-22/h3-8,10,12,14,16,21,24H,9,11,13H2,1-2H3/t16-,21+/m0/s1. The Hall–Kier alpha value is -2.17. The van der Waals surface area contributed by atoms with Gasteiger partial charge in [-0.2, -0.15) is 11.3 Å². The Kier molecular flexibility index (Phi) is 5.05. The normalized spacial score (nSPS) is 16.9. The van der Waals surface area contributed by atoms with Gasteiger partial charge in [0, 0.05) is 19.2 Å². The molecule has 3 nitrogen and oxygen atoms in total. The van der Waals surface area contributed by atoms with Gasteiger partial charge in [0.1, 0.15) is 11.9 Å². The molecule has 0 saturated heterocycles. The van der Waals surface area contributed by atoms with Gasteiger partial charge in [-0.15, -0.1) is 0 Å². The highest BCUT2D eigenvalue weighted by Gasteiger charge is 2.19. The molecule has 2 atom stereocenters. The predicted octanol–water partition coefficient (Wildman–Crippen LogP) is 4.85. The average Bonchev–Trinajstić information content (AvgIpc) is 3.27. The predicted molar refractivity (Wildman–Crippen MR) is 107 cm³/mol. The summed E-state index contributed by atoms with van der Waals surface area (Å²) in [6.45, 7) is 5.02. The summed E-state index contributed by atoms with van der Waals surface area (Å²) < 4.78 is 5.81. The first-order valence-electron chi connectivity index (χ1n) is 9.13. The van der Waals surface area contributed by atoms with Crippen LogP contribution in [0.4, 0.5) is 0 Å². The molecular formula is C22H24N2OS. The monoisotopic (exact) mass is 364 g/mol. The van der Waals surface area contributed by atoms with Crippen LogP contribution >= 0.6 is 11.3 Å². The molecule has 4 heteroatoms. The van der Waals surface area contributed by atoms with Crippen molar-refractivity contribution in [3.8, 4) is 5.75 Å².